The van der Waals surface area contributed by atoms with Crippen molar-refractivity contribution in [2.24, 2.45) is 10.9 Å². The molecule has 0 spiro atoms. The van der Waals surface area contributed by atoms with Gasteiger partial charge in [0.15, 0.2) is 4.80 Å². The van der Waals surface area contributed by atoms with Crippen molar-refractivity contribution in [3.8, 4) is 11.3 Å². The second-order valence-electron chi connectivity index (χ2n) is 6.84. The molecule has 140 valence electrons. The monoisotopic (exact) mass is 381 g/mol. The van der Waals surface area contributed by atoms with Crippen LogP contribution in [0.2, 0.25) is 0 Å². The summed E-state index contributed by atoms with van der Waals surface area (Å²) in [6.07, 6.45) is 1.01. The molecule has 5 nitrogen and oxygen atoms in total. The smallest absolute Gasteiger partial charge is 0.269 e. The number of thiazole rings is 1. The summed E-state index contributed by atoms with van der Waals surface area (Å²) in [7, 11) is 0. The summed E-state index contributed by atoms with van der Waals surface area (Å²) in [5.74, 6) is 0.456. The van der Waals surface area contributed by atoms with E-state index in [1.807, 2.05) is 12.1 Å². The van der Waals surface area contributed by atoms with Crippen molar-refractivity contribution < 1.29 is 4.92 Å². The highest BCUT2D eigenvalue weighted by Gasteiger charge is 2.12. The molecular weight excluding hydrogens is 358 g/mol. The molecule has 2 aromatic carbocycles. The number of non-ortho nitro benzene ring substituents is 1. The quantitative estimate of drug-likeness (QED) is 0.413. The number of benzene rings is 2. The number of nitro benzene ring substituents is 1. The minimum Gasteiger partial charge on any atom is -0.316 e. The third-order valence-electron chi connectivity index (χ3n) is 4.29. The summed E-state index contributed by atoms with van der Waals surface area (Å²) < 4.78 is 2.20. The molecule has 3 rings (SSSR count). The SMILES string of the molecule is CCc1ccc(N=c2scc(-c3ccc([N+](=O)[O-])cc3)n2CC(C)C)cc1. The molecule has 3 aromatic rings. The van der Waals surface area contributed by atoms with Crippen LogP contribution >= 0.6 is 11.3 Å². The Hall–Kier alpha value is -2.73. The van der Waals surface area contributed by atoms with Crippen molar-refractivity contribution >= 4 is 22.7 Å². The minimum absolute atomic E-state index is 0.102. The molecule has 0 saturated carbocycles. The summed E-state index contributed by atoms with van der Waals surface area (Å²) in [6, 6.07) is 15.0. The zero-order chi connectivity index (χ0) is 19.4. The summed E-state index contributed by atoms with van der Waals surface area (Å²) in [5, 5.41) is 13.0. The van der Waals surface area contributed by atoms with Gasteiger partial charge in [0.1, 0.15) is 0 Å². The zero-order valence-electron chi connectivity index (χ0n) is 15.8. The van der Waals surface area contributed by atoms with Crippen LogP contribution < -0.4 is 4.80 Å². The molecule has 27 heavy (non-hydrogen) atoms. The number of hydrogen-bond donors (Lipinski definition) is 0. The van der Waals surface area contributed by atoms with E-state index in [9.17, 15) is 10.1 Å². The maximum atomic E-state index is 10.9. The maximum Gasteiger partial charge on any atom is 0.269 e. The van der Waals surface area contributed by atoms with Crippen LogP contribution in [0.5, 0.6) is 0 Å². The van der Waals surface area contributed by atoms with Gasteiger partial charge < -0.3 is 4.57 Å². The molecule has 6 heteroatoms. The summed E-state index contributed by atoms with van der Waals surface area (Å²) in [5.41, 5.74) is 4.32. The summed E-state index contributed by atoms with van der Waals surface area (Å²) in [6.45, 7) is 7.31. The predicted molar refractivity (Wildman–Crippen MR) is 110 cm³/mol. The van der Waals surface area contributed by atoms with Crippen LogP contribution in [0.3, 0.4) is 0 Å². The van der Waals surface area contributed by atoms with Gasteiger partial charge in [-0.05, 0) is 47.7 Å². The van der Waals surface area contributed by atoms with Gasteiger partial charge in [-0.15, -0.1) is 11.3 Å². The largest absolute Gasteiger partial charge is 0.316 e. The summed E-state index contributed by atoms with van der Waals surface area (Å²) in [4.78, 5) is 16.3. The highest BCUT2D eigenvalue weighted by Crippen LogP contribution is 2.24. The van der Waals surface area contributed by atoms with E-state index in [1.54, 1.807) is 35.6 Å². The van der Waals surface area contributed by atoms with Gasteiger partial charge in [0.25, 0.3) is 5.69 Å². The lowest BCUT2D eigenvalue weighted by Gasteiger charge is -2.11. The Bertz CT molecular complexity index is 984. The first kappa shape index (κ1) is 19.0. The molecule has 0 radical (unpaired) electrons. The van der Waals surface area contributed by atoms with E-state index < -0.39 is 0 Å². The maximum absolute atomic E-state index is 10.9. The van der Waals surface area contributed by atoms with Crippen molar-refractivity contribution in [1.82, 2.24) is 4.57 Å². The Labute approximate surface area is 162 Å². The van der Waals surface area contributed by atoms with Crippen molar-refractivity contribution in [2.45, 2.75) is 33.7 Å². The zero-order valence-corrected chi connectivity index (χ0v) is 16.6. The van der Waals surface area contributed by atoms with E-state index in [0.717, 1.165) is 34.7 Å². The van der Waals surface area contributed by atoms with Gasteiger partial charge in [-0.3, -0.25) is 10.1 Å². The molecule has 0 N–H and O–H groups in total. The van der Waals surface area contributed by atoms with E-state index in [0.29, 0.717) is 5.92 Å². The molecule has 0 unspecified atom stereocenters. The van der Waals surface area contributed by atoms with Gasteiger partial charge in [-0.1, -0.05) is 32.9 Å². The van der Waals surface area contributed by atoms with Crippen LogP contribution in [0.15, 0.2) is 58.9 Å². The van der Waals surface area contributed by atoms with Crippen LogP contribution in [0.4, 0.5) is 11.4 Å². The predicted octanol–water partition coefficient (Wildman–Crippen LogP) is 5.58. The average molecular weight is 382 g/mol. The van der Waals surface area contributed by atoms with E-state index in [2.05, 4.69) is 42.9 Å². The molecule has 0 fully saturated rings. The van der Waals surface area contributed by atoms with E-state index >= 15 is 0 Å². The van der Waals surface area contributed by atoms with Crippen molar-refractivity contribution in [2.75, 3.05) is 0 Å². The average Bonchev–Trinajstić information content (AvgIpc) is 3.04. The molecule has 0 amide bonds. The number of nitro groups is 1. The first-order valence-corrected chi connectivity index (χ1v) is 9.92. The van der Waals surface area contributed by atoms with E-state index in [1.165, 1.54) is 5.56 Å². The number of aromatic nitrogens is 1. The van der Waals surface area contributed by atoms with E-state index in [4.69, 9.17) is 4.99 Å². The van der Waals surface area contributed by atoms with Crippen LogP contribution in [0.1, 0.15) is 26.3 Å². The second-order valence-corrected chi connectivity index (χ2v) is 7.68. The molecule has 0 aliphatic carbocycles. The fourth-order valence-corrected chi connectivity index (χ4v) is 3.80. The first-order chi connectivity index (χ1) is 13.0. The van der Waals surface area contributed by atoms with Crippen LogP contribution in [0.25, 0.3) is 11.3 Å². The minimum atomic E-state index is -0.375. The molecule has 0 bridgehead atoms. The first-order valence-electron chi connectivity index (χ1n) is 9.04. The molecule has 1 heterocycles. The van der Waals surface area contributed by atoms with Gasteiger partial charge in [-0.25, -0.2) is 4.99 Å². The molecule has 0 saturated heterocycles. The molecule has 0 aliphatic rings. The van der Waals surface area contributed by atoms with Crippen LogP contribution in [-0.4, -0.2) is 9.49 Å². The van der Waals surface area contributed by atoms with Gasteiger partial charge in [-0.2, -0.15) is 0 Å². The molecule has 1 aromatic heterocycles. The van der Waals surface area contributed by atoms with Crippen molar-refractivity contribution in [3.05, 3.63) is 74.4 Å². The number of rotatable bonds is 6. The third kappa shape index (κ3) is 4.52. The van der Waals surface area contributed by atoms with Crippen LogP contribution in [-0.2, 0) is 13.0 Å². The fraction of sp³-hybridized carbons (Fsp3) is 0.286. The normalized spacial score (nSPS) is 11.9. The number of nitrogens with zero attached hydrogens (tertiary/aromatic N) is 3. The van der Waals surface area contributed by atoms with Crippen LogP contribution in [0, 0.1) is 16.0 Å². The Kier molecular flexibility index (Phi) is 5.86. The third-order valence-corrected chi connectivity index (χ3v) is 5.15. The van der Waals surface area contributed by atoms with Gasteiger partial charge in [0.05, 0.1) is 16.3 Å². The lowest BCUT2D eigenvalue weighted by atomic mass is 10.1. The molecule has 0 aliphatic heterocycles. The Balaban J connectivity index is 2.05. The van der Waals surface area contributed by atoms with E-state index in [-0.39, 0.29) is 10.6 Å². The Morgan fingerprint density at radius 3 is 2.33 bits per heavy atom. The van der Waals surface area contributed by atoms with Gasteiger partial charge in [0.2, 0.25) is 0 Å². The fourth-order valence-electron chi connectivity index (χ4n) is 2.86. The highest BCUT2D eigenvalue weighted by atomic mass is 32.1. The van der Waals surface area contributed by atoms with Gasteiger partial charge >= 0.3 is 0 Å². The standard InChI is InChI=1S/C21H23N3O2S/c1-4-16-5-9-18(10-6-16)22-21-23(13-15(2)3)20(14-27-21)17-7-11-19(12-8-17)24(25)26/h5-12,14-15H,4,13H2,1-3H3. The Morgan fingerprint density at radius 2 is 1.78 bits per heavy atom. The number of hydrogen-bond acceptors (Lipinski definition) is 4. The van der Waals surface area contributed by atoms with Crippen molar-refractivity contribution in [3.63, 3.8) is 0 Å². The highest BCUT2D eigenvalue weighted by molar-refractivity contribution is 7.07. The topological polar surface area (TPSA) is 60.4 Å². The second kappa shape index (κ2) is 8.31. The lowest BCUT2D eigenvalue weighted by Crippen LogP contribution is -2.18. The number of aryl methyl sites for hydroxylation is 1. The van der Waals surface area contributed by atoms with Crippen molar-refractivity contribution in [1.29, 1.82) is 0 Å². The lowest BCUT2D eigenvalue weighted by molar-refractivity contribution is -0.384. The molecule has 0 atom stereocenters. The molecular formula is C21H23N3O2S. The van der Waals surface area contributed by atoms with Gasteiger partial charge in [0, 0.05) is 24.1 Å². The summed E-state index contributed by atoms with van der Waals surface area (Å²) >= 11 is 1.59. The Morgan fingerprint density at radius 1 is 1.11 bits per heavy atom.